The third-order valence-corrected chi connectivity index (χ3v) is 5.28. The lowest BCUT2D eigenvalue weighted by molar-refractivity contribution is 0.0697. The maximum Gasteiger partial charge on any atom is 0.335 e. The highest BCUT2D eigenvalue weighted by atomic mass is 16.5. The summed E-state index contributed by atoms with van der Waals surface area (Å²) in [5.74, 6) is 0.155. The lowest BCUT2D eigenvalue weighted by Gasteiger charge is -2.13. The number of benzene rings is 2. The Bertz CT molecular complexity index is 1230. The average Bonchev–Trinajstić information content (AvgIpc) is 2.73. The number of hydrogen-bond acceptors (Lipinski definition) is 5. The van der Waals surface area contributed by atoms with Crippen molar-refractivity contribution >= 4 is 33.6 Å². The number of aromatic nitrogens is 2. The van der Waals surface area contributed by atoms with Crippen LogP contribution in [0.4, 0.5) is 5.82 Å². The largest absolute Gasteiger partial charge is 0.497 e. The summed E-state index contributed by atoms with van der Waals surface area (Å²) >= 11 is 0. The van der Waals surface area contributed by atoms with Crippen molar-refractivity contribution in [2.45, 2.75) is 19.8 Å². The van der Waals surface area contributed by atoms with Crippen molar-refractivity contribution < 1.29 is 14.6 Å². The third kappa shape index (κ3) is 3.45. The van der Waals surface area contributed by atoms with E-state index in [2.05, 4.69) is 29.0 Å². The van der Waals surface area contributed by atoms with Crippen LogP contribution in [0.1, 0.15) is 27.0 Å². The summed E-state index contributed by atoms with van der Waals surface area (Å²) in [6.45, 7) is 2.05. The highest BCUT2D eigenvalue weighted by Crippen LogP contribution is 2.31. The second-order valence-corrected chi connectivity index (χ2v) is 7.01. The van der Waals surface area contributed by atoms with E-state index in [4.69, 9.17) is 10.5 Å². The zero-order chi connectivity index (χ0) is 20.5. The van der Waals surface area contributed by atoms with E-state index in [1.165, 1.54) is 5.56 Å². The number of methoxy groups -OCH3 is 1. The van der Waals surface area contributed by atoms with Gasteiger partial charge in [0.05, 0.1) is 18.2 Å². The Labute approximate surface area is 168 Å². The number of aryl methyl sites for hydroxylation is 3. The van der Waals surface area contributed by atoms with E-state index in [1.54, 1.807) is 25.3 Å². The van der Waals surface area contributed by atoms with Crippen molar-refractivity contribution in [3.8, 4) is 5.75 Å². The number of carboxylic acids is 1. The van der Waals surface area contributed by atoms with E-state index < -0.39 is 5.97 Å². The van der Waals surface area contributed by atoms with E-state index in [1.807, 2.05) is 18.3 Å². The first kappa shape index (κ1) is 18.7. The molecule has 2 aromatic carbocycles. The molecule has 2 aromatic heterocycles. The molecule has 0 atom stereocenters. The van der Waals surface area contributed by atoms with Crippen LogP contribution in [0.15, 0.2) is 48.7 Å². The topological polar surface area (TPSA) is 98.3 Å². The maximum atomic E-state index is 11.3. The number of aromatic carboxylic acids is 1. The summed E-state index contributed by atoms with van der Waals surface area (Å²) in [4.78, 5) is 20.2. The van der Waals surface area contributed by atoms with Crippen LogP contribution in [0.5, 0.6) is 5.75 Å². The van der Waals surface area contributed by atoms with Gasteiger partial charge in [0.15, 0.2) is 5.82 Å². The Morgan fingerprint density at radius 1 is 1.14 bits per heavy atom. The lowest BCUT2D eigenvalue weighted by Crippen LogP contribution is -2.02. The fraction of sp³-hybridized carbons (Fsp3) is 0.174. The molecule has 0 aliphatic heterocycles. The van der Waals surface area contributed by atoms with Crippen molar-refractivity contribution in [2.75, 3.05) is 12.8 Å². The summed E-state index contributed by atoms with van der Waals surface area (Å²) in [6.07, 6.45) is 3.56. The minimum Gasteiger partial charge on any atom is -0.497 e. The van der Waals surface area contributed by atoms with Crippen LogP contribution in [0.3, 0.4) is 0 Å². The molecule has 0 saturated heterocycles. The van der Waals surface area contributed by atoms with Gasteiger partial charge in [-0.15, -0.1) is 0 Å². The number of rotatable bonds is 5. The number of anilines is 1. The van der Waals surface area contributed by atoms with Crippen LogP contribution in [0, 0.1) is 6.92 Å². The fourth-order valence-electron chi connectivity index (χ4n) is 3.64. The molecule has 0 radical (unpaired) electrons. The van der Waals surface area contributed by atoms with Gasteiger partial charge in [0.1, 0.15) is 11.3 Å². The molecule has 4 aromatic rings. The number of pyridine rings is 2. The molecule has 0 spiro atoms. The van der Waals surface area contributed by atoms with Crippen LogP contribution in [0.25, 0.3) is 21.8 Å². The Morgan fingerprint density at radius 2 is 1.90 bits per heavy atom. The van der Waals surface area contributed by atoms with Crippen molar-refractivity contribution in [3.63, 3.8) is 0 Å². The molecule has 29 heavy (non-hydrogen) atoms. The summed E-state index contributed by atoms with van der Waals surface area (Å²) in [6, 6.07) is 13.0. The van der Waals surface area contributed by atoms with E-state index in [-0.39, 0.29) is 5.56 Å². The van der Waals surface area contributed by atoms with Gasteiger partial charge in [-0.1, -0.05) is 18.2 Å². The van der Waals surface area contributed by atoms with Gasteiger partial charge in [-0.3, -0.25) is 4.98 Å². The van der Waals surface area contributed by atoms with Gasteiger partial charge in [0.25, 0.3) is 0 Å². The van der Waals surface area contributed by atoms with Gasteiger partial charge < -0.3 is 15.6 Å². The van der Waals surface area contributed by atoms with E-state index in [9.17, 15) is 9.90 Å². The van der Waals surface area contributed by atoms with Crippen molar-refractivity contribution in [3.05, 3.63) is 70.9 Å². The van der Waals surface area contributed by atoms with Crippen LogP contribution in [0.2, 0.25) is 0 Å². The monoisotopic (exact) mass is 387 g/mol. The van der Waals surface area contributed by atoms with Gasteiger partial charge in [0.2, 0.25) is 0 Å². The van der Waals surface area contributed by atoms with Gasteiger partial charge in [-0.05, 0) is 60.7 Å². The number of carbonyl (C=O) groups is 1. The standard InChI is InChI=1S/C23H21N3O3/c1-13-16(6-3-14-4-8-17(29-2)9-5-14)12-25-21-20(13)18-10-7-15(23(27)28)11-19(18)26-22(21)24/h4-5,7-12H,3,6H2,1-2H3,(H2,24,26)(H,27,28). The normalized spacial score (nSPS) is 11.1. The molecule has 3 N–H and O–H groups in total. The fourth-order valence-corrected chi connectivity index (χ4v) is 3.64. The van der Waals surface area contributed by atoms with E-state index >= 15 is 0 Å². The number of nitrogens with zero attached hydrogens (tertiary/aromatic N) is 2. The zero-order valence-electron chi connectivity index (χ0n) is 16.3. The number of fused-ring (bicyclic) bond motifs is 3. The molecule has 0 saturated carbocycles. The highest BCUT2D eigenvalue weighted by Gasteiger charge is 2.14. The SMILES string of the molecule is COc1ccc(CCc2cnc3c(N)nc4cc(C(=O)O)ccc4c3c2C)cc1. The number of hydrogen-bond donors (Lipinski definition) is 2. The number of nitrogen functional groups attached to an aromatic ring is 1. The zero-order valence-corrected chi connectivity index (χ0v) is 16.3. The summed E-state index contributed by atoms with van der Waals surface area (Å²) in [7, 11) is 1.66. The quantitative estimate of drug-likeness (QED) is 0.499. The molecule has 6 heteroatoms. The first-order chi connectivity index (χ1) is 14.0. The van der Waals surface area contributed by atoms with Crippen molar-refractivity contribution in [2.24, 2.45) is 0 Å². The van der Waals surface area contributed by atoms with Gasteiger partial charge >= 0.3 is 5.97 Å². The van der Waals surface area contributed by atoms with Crippen LogP contribution in [-0.2, 0) is 12.8 Å². The van der Waals surface area contributed by atoms with Crippen molar-refractivity contribution in [1.82, 2.24) is 9.97 Å². The van der Waals surface area contributed by atoms with Crippen LogP contribution >= 0.6 is 0 Å². The number of carboxylic acid groups (broad SMARTS) is 1. The van der Waals surface area contributed by atoms with Gasteiger partial charge in [-0.25, -0.2) is 9.78 Å². The molecule has 0 amide bonds. The predicted molar refractivity (Wildman–Crippen MR) is 114 cm³/mol. The summed E-state index contributed by atoms with van der Waals surface area (Å²) < 4.78 is 5.21. The Morgan fingerprint density at radius 3 is 2.59 bits per heavy atom. The molecule has 6 nitrogen and oxygen atoms in total. The second-order valence-electron chi connectivity index (χ2n) is 7.01. The number of ether oxygens (including phenoxy) is 1. The number of nitrogens with two attached hydrogens (primary N) is 1. The third-order valence-electron chi connectivity index (χ3n) is 5.28. The average molecular weight is 387 g/mol. The van der Waals surface area contributed by atoms with Gasteiger partial charge in [-0.2, -0.15) is 0 Å². The molecule has 0 fully saturated rings. The Hall–Kier alpha value is -3.67. The van der Waals surface area contributed by atoms with Crippen LogP contribution < -0.4 is 10.5 Å². The highest BCUT2D eigenvalue weighted by molar-refractivity contribution is 6.11. The second kappa shape index (κ2) is 7.39. The molecule has 0 aliphatic rings. The first-order valence-electron chi connectivity index (χ1n) is 9.31. The molecule has 4 rings (SSSR count). The smallest absolute Gasteiger partial charge is 0.335 e. The van der Waals surface area contributed by atoms with Crippen molar-refractivity contribution in [1.29, 1.82) is 0 Å². The van der Waals surface area contributed by atoms with E-state index in [0.717, 1.165) is 40.5 Å². The summed E-state index contributed by atoms with van der Waals surface area (Å²) in [5, 5.41) is 11.0. The Balaban J connectivity index is 1.76. The minimum absolute atomic E-state index is 0.185. The molecule has 0 unspecified atom stereocenters. The molecular formula is C23H21N3O3. The molecule has 2 heterocycles. The molecule has 146 valence electrons. The summed E-state index contributed by atoms with van der Waals surface area (Å²) in [5.41, 5.74) is 11.0. The predicted octanol–water partition coefficient (Wildman–Crippen LogP) is 4.17. The van der Waals surface area contributed by atoms with Gasteiger partial charge in [0, 0.05) is 17.0 Å². The van der Waals surface area contributed by atoms with Crippen LogP contribution in [-0.4, -0.2) is 28.2 Å². The molecular weight excluding hydrogens is 366 g/mol. The maximum absolute atomic E-state index is 11.3. The lowest BCUT2D eigenvalue weighted by atomic mass is 9.96. The first-order valence-corrected chi connectivity index (χ1v) is 9.31. The van der Waals surface area contributed by atoms with E-state index in [0.29, 0.717) is 16.9 Å². The molecule has 0 bridgehead atoms. The minimum atomic E-state index is -0.990. The molecule has 0 aliphatic carbocycles. The Kier molecular flexibility index (Phi) is 4.76.